The molecule has 1 unspecified atom stereocenters. The molecule has 2 atom stereocenters. The molecular weight excluding hydrogens is 586 g/mol. The lowest BCUT2D eigenvalue weighted by Gasteiger charge is -2.31. The SMILES string of the molecule is COc1cc(C(=O)NCC(O)(c2cc3c(c(-c4cccc(F)c4)n2)OC[C@]3(C)C(N)=O)C(F)(F)F)cc2cn(C3CC3)nc12. The van der Waals surface area contributed by atoms with Gasteiger partial charge in [0, 0.05) is 28.3 Å². The highest BCUT2D eigenvalue weighted by Crippen LogP contribution is 2.48. The smallest absolute Gasteiger partial charge is 0.424 e. The van der Waals surface area contributed by atoms with Gasteiger partial charge in [-0.3, -0.25) is 14.3 Å². The maximum Gasteiger partial charge on any atom is 0.424 e. The highest BCUT2D eigenvalue weighted by Gasteiger charge is 2.57. The van der Waals surface area contributed by atoms with Gasteiger partial charge in [0.2, 0.25) is 11.5 Å². The summed E-state index contributed by atoms with van der Waals surface area (Å²) < 4.78 is 71.0. The van der Waals surface area contributed by atoms with Crippen LogP contribution in [-0.2, 0) is 15.8 Å². The molecule has 6 rings (SSSR count). The number of hydrogen-bond donors (Lipinski definition) is 3. The normalized spacial score (nSPS) is 19.2. The average molecular weight is 614 g/mol. The van der Waals surface area contributed by atoms with Gasteiger partial charge in [0.1, 0.15) is 40.5 Å². The van der Waals surface area contributed by atoms with Crippen molar-refractivity contribution in [2.75, 3.05) is 20.3 Å². The van der Waals surface area contributed by atoms with Crippen LogP contribution in [0.25, 0.3) is 22.2 Å². The largest absolute Gasteiger partial charge is 0.494 e. The van der Waals surface area contributed by atoms with E-state index < -0.39 is 47.1 Å². The van der Waals surface area contributed by atoms with E-state index in [4.69, 9.17) is 15.2 Å². The lowest BCUT2D eigenvalue weighted by Crippen LogP contribution is -2.51. The highest BCUT2D eigenvalue weighted by atomic mass is 19.4. The predicted molar refractivity (Wildman–Crippen MR) is 149 cm³/mol. The first-order valence-electron chi connectivity index (χ1n) is 13.6. The Kier molecular flexibility index (Phi) is 6.79. The standard InChI is InChI=1S/C30H27F4N5O5/c1-28(27(35)41)14-44-25-20(28)11-22(37-24(25)15-4-3-5-18(31)9-15)29(42,30(32,33)34)13-36-26(40)16-8-17-12-39(19-6-7-19)38-23(17)21(10-16)43-2/h3-5,8-12,19,42H,6-7,13-14H2,1-2H3,(H2,35,41)(H,36,40)/t28-,29?/m0/s1. The minimum atomic E-state index is -5.36. The molecule has 4 N–H and O–H groups in total. The Morgan fingerprint density at radius 2 is 1.98 bits per heavy atom. The van der Waals surface area contributed by atoms with Gasteiger partial charge in [-0.25, -0.2) is 9.37 Å². The Hall–Kier alpha value is -4.72. The number of methoxy groups -OCH3 is 1. The first kappa shape index (κ1) is 29.4. The van der Waals surface area contributed by atoms with Crippen molar-refractivity contribution in [2.24, 2.45) is 5.73 Å². The van der Waals surface area contributed by atoms with Gasteiger partial charge in [-0.15, -0.1) is 0 Å². The second kappa shape index (κ2) is 10.2. The number of halogens is 4. The Morgan fingerprint density at radius 3 is 2.61 bits per heavy atom. The number of nitrogens with one attached hydrogen (secondary N) is 1. The molecule has 2 aromatic carbocycles. The van der Waals surface area contributed by atoms with E-state index in [1.54, 1.807) is 10.9 Å². The summed E-state index contributed by atoms with van der Waals surface area (Å²) in [5.41, 5.74) is -0.464. The molecule has 1 aliphatic carbocycles. The summed E-state index contributed by atoms with van der Waals surface area (Å²) >= 11 is 0. The molecule has 2 aromatic heterocycles. The Bertz CT molecular complexity index is 1820. The van der Waals surface area contributed by atoms with Gasteiger partial charge in [-0.2, -0.15) is 18.3 Å². The second-order valence-electron chi connectivity index (χ2n) is 11.2. The zero-order valence-corrected chi connectivity index (χ0v) is 23.5. The van der Waals surface area contributed by atoms with Gasteiger partial charge in [0.25, 0.3) is 5.91 Å². The molecular formula is C30H27F4N5O5. The topological polar surface area (TPSA) is 142 Å². The second-order valence-corrected chi connectivity index (χ2v) is 11.2. The molecule has 0 radical (unpaired) electrons. The molecule has 0 spiro atoms. The third-order valence-corrected chi connectivity index (χ3v) is 8.11. The summed E-state index contributed by atoms with van der Waals surface area (Å²) in [5.74, 6) is -2.33. The number of ether oxygens (including phenoxy) is 2. The number of amides is 2. The van der Waals surface area contributed by atoms with E-state index in [1.807, 2.05) is 0 Å². The number of aliphatic hydroxyl groups is 1. The number of benzene rings is 2. The number of carbonyl (C=O) groups excluding carboxylic acids is 2. The van der Waals surface area contributed by atoms with Crippen molar-refractivity contribution in [3.63, 3.8) is 0 Å². The van der Waals surface area contributed by atoms with Crippen LogP contribution in [-0.4, -0.2) is 58.1 Å². The summed E-state index contributed by atoms with van der Waals surface area (Å²) in [6, 6.07) is 8.82. The Balaban J connectivity index is 1.40. The van der Waals surface area contributed by atoms with Gasteiger partial charge in [-0.05, 0) is 50.1 Å². The fourth-order valence-electron chi connectivity index (χ4n) is 5.21. The number of fused-ring (bicyclic) bond motifs is 2. The molecule has 0 saturated heterocycles. The number of pyridine rings is 1. The third kappa shape index (κ3) is 4.78. The summed E-state index contributed by atoms with van der Waals surface area (Å²) in [4.78, 5) is 29.7. The van der Waals surface area contributed by atoms with Crippen molar-refractivity contribution in [2.45, 2.75) is 43.0 Å². The number of carbonyl (C=O) groups is 2. The first-order valence-corrected chi connectivity index (χ1v) is 13.6. The van der Waals surface area contributed by atoms with Crippen LogP contribution in [0.5, 0.6) is 11.5 Å². The lowest BCUT2D eigenvalue weighted by atomic mass is 9.81. The number of rotatable bonds is 8. The molecule has 44 heavy (non-hydrogen) atoms. The molecule has 2 aliphatic rings. The van der Waals surface area contributed by atoms with Crippen molar-refractivity contribution in [1.29, 1.82) is 0 Å². The molecule has 14 heteroatoms. The van der Waals surface area contributed by atoms with Crippen LogP contribution in [0, 0.1) is 5.82 Å². The van der Waals surface area contributed by atoms with Crippen molar-refractivity contribution >= 4 is 22.7 Å². The number of alkyl halides is 3. The molecule has 1 fully saturated rings. The van der Waals surface area contributed by atoms with E-state index in [9.17, 15) is 32.3 Å². The summed E-state index contributed by atoms with van der Waals surface area (Å²) in [7, 11) is 1.38. The van der Waals surface area contributed by atoms with E-state index in [2.05, 4.69) is 15.4 Å². The van der Waals surface area contributed by atoms with Crippen LogP contribution in [0.4, 0.5) is 17.6 Å². The number of hydrogen-bond acceptors (Lipinski definition) is 7. The van der Waals surface area contributed by atoms with Crippen LogP contribution in [0.15, 0.2) is 48.7 Å². The fourth-order valence-corrected chi connectivity index (χ4v) is 5.21. The Labute approximate surface area is 247 Å². The predicted octanol–water partition coefficient (Wildman–Crippen LogP) is 3.90. The monoisotopic (exact) mass is 613 g/mol. The van der Waals surface area contributed by atoms with Gasteiger partial charge >= 0.3 is 6.18 Å². The van der Waals surface area contributed by atoms with Crippen molar-refractivity contribution in [3.8, 4) is 22.8 Å². The van der Waals surface area contributed by atoms with Gasteiger partial charge in [0.05, 0.1) is 25.4 Å². The number of nitrogens with zero attached hydrogens (tertiary/aromatic N) is 3. The molecule has 4 aromatic rings. The van der Waals surface area contributed by atoms with Crippen molar-refractivity contribution in [1.82, 2.24) is 20.1 Å². The quantitative estimate of drug-likeness (QED) is 0.256. The molecule has 3 heterocycles. The van der Waals surface area contributed by atoms with E-state index in [0.29, 0.717) is 10.9 Å². The van der Waals surface area contributed by atoms with Crippen LogP contribution < -0.4 is 20.5 Å². The van der Waals surface area contributed by atoms with Gasteiger partial charge < -0.3 is 25.6 Å². The average Bonchev–Trinajstić information content (AvgIpc) is 3.65. The molecule has 1 saturated carbocycles. The number of nitrogens with two attached hydrogens (primary N) is 1. The minimum absolute atomic E-state index is 0.0220. The minimum Gasteiger partial charge on any atom is -0.494 e. The summed E-state index contributed by atoms with van der Waals surface area (Å²) in [5, 5.41) is 18.5. The van der Waals surface area contributed by atoms with Crippen molar-refractivity contribution < 1.29 is 41.7 Å². The lowest BCUT2D eigenvalue weighted by molar-refractivity contribution is -0.265. The number of aromatic nitrogens is 3. The first-order chi connectivity index (χ1) is 20.7. The maximum absolute atomic E-state index is 14.7. The molecule has 1 aliphatic heterocycles. The summed E-state index contributed by atoms with van der Waals surface area (Å²) in [6.07, 6.45) is -1.71. The van der Waals surface area contributed by atoms with E-state index in [0.717, 1.165) is 31.0 Å². The highest BCUT2D eigenvalue weighted by molar-refractivity contribution is 6.00. The zero-order chi connectivity index (χ0) is 31.6. The molecule has 230 valence electrons. The molecule has 2 amide bonds. The molecule has 0 bridgehead atoms. The number of primary amides is 1. The van der Waals surface area contributed by atoms with Crippen molar-refractivity contribution in [3.05, 3.63) is 71.3 Å². The van der Waals surface area contributed by atoms with E-state index in [-0.39, 0.29) is 46.5 Å². The Morgan fingerprint density at radius 1 is 1.23 bits per heavy atom. The van der Waals surface area contributed by atoms with Crippen LogP contribution in [0.1, 0.15) is 47.4 Å². The summed E-state index contributed by atoms with van der Waals surface area (Å²) in [6.45, 7) is -0.281. The maximum atomic E-state index is 14.7. The van der Waals surface area contributed by atoms with Crippen LogP contribution in [0.3, 0.4) is 0 Å². The molecule has 10 nitrogen and oxygen atoms in total. The van der Waals surface area contributed by atoms with Crippen LogP contribution in [0.2, 0.25) is 0 Å². The van der Waals surface area contributed by atoms with E-state index in [1.165, 1.54) is 38.3 Å². The van der Waals surface area contributed by atoms with Gasteiger partial charge in [0.15, 0.2) is 0 Å². The van der Waals surface area contributed by atoms with Crippen LogP contribution >= 0.6 is 0 Å². The fraction of sp³-hybridized carbons (Fsp3) is 0.333. The van der Waals surface area contributed by atoms with Gasteiger partial charge in [-0.1, -0.05) is 12.1 Å². The van der Waals surface area contributed by atoms with E-state index >= 15 is 0 Å². The zero-order valence-electron chi connectivity index (χ0n) is 23.5. The third-order valence-electron chi connectivity index (χ3n) is 8.11.